The third-order valence-electron chi connectivity index (χ3n) is 3.95. The lowest BCUT2D eigenvalue weighted by atomic mass is 10.1. The van der Waals surface area contributed by atoms with Crippen LogP contribution in [0.5, 0.6) is 0 Å². The average molecular weight is 416 g/mol. The summed E-state index contributed by atoms with van der Waals surface area (Å²) in [4.78, 5) is 4.05. The molecule has 7 nitrogen and oxygen atoms in total. The summed E-state index contributed by atoms with van der Waals surface area (Å²) in [5.74, 6) is -0.259. The van der Waals surface area contributed by atoms with E-state index in [-0.39, 0.29) is 27.0 Å². The van der Waals surface area contributed by atoms with Crippen molar-refractivity contribution in [1.29, 1.82) is 0 Å². The highest BCUT2D eigenvalue weighted by Crippen LogP contribution is 2.37. The number of nitrogens with zero attached hydrogens (tertiary/aromatic N) is 2. The quantitative estimate of drug-likeness (QED) is 0.608. The van der Waals surface area contributed by atoms with Crippen molar-refractivity contribution in [3.8, 4) is 0 Å². The van der Waals surface area contributed by atoms with Crippen molar-refractivity contribution in [3.05, 3.63) is 22.2 Å². The highest BCUT2D eigenvalue weighted by Gasteiger charge is 2.45. The zero-order valence-electron chi connectivity index (χ0n) is 12.9. The van der Waals surface area contributed by atoms with Crippen molar-refractivity contribution in [2.75, 3.05) is 18.5 Å². The van der Waals surface area contributed by atoms with Gasteiger partial charge in [0.05, 0.1) is 27.7 Å². The van der Waals surface area contributed by atoms with E-state index in [0.717, 1.165) is 4.57 Å². The molecule has 1 fully saturated rings. The number of nitrogens with one attached hydrogen (secondary N) is 1. The topological polar surface area (TPSA) is 99.8 Å². The standard InChI is InChI=1S/C14H14Cl2F3N3O4/c15-5-1-7-8(2-6(5)16)22(13(21-7)20-4-14(17,18)19)12-11(25)10(24)9(3-23)26-12/h1-2,9-12,23-25H,3-4H2,(H,20,21)/t9-,10-,11-,12-/m0/s1. The third kappa shape index (κ3) is 3.57. The summed E-state index contributed by atoms with van der Waals surface area (Å²) in [7, 11) is 0. The van der Waals surface area contributed by atoms with Crippen molar-refractivity contribution in [1.82, 2.24) is 9.55 Å². The predicted molar refractivity (Wildman–Crippen MR) is 87.3 cm³/mol. The summed E-state index contributed by atoms with van der Waals surface area (Å²) in [6.07, 6.45) is -9.85. The van der Waals surface area contributed by atoms with Crippen LogP contribution in [0.2, 0.25) is 10.0 Å². The number of fused-ring (bicyclic) bond motifs is 1. The van der Waals surface area contributed by atoms with Gasteiger partial charge in [0, 0.05) is 0 Å². The molecule has 1 aromatic carbocycles. The monoisotopic (exact) mass is 415 g/mol. The number of benzene rings is 1. The third-order valence-corrected chi connectivity index (χ3v) is 4.67. The number of halogens is 5. The van der Waals surface area contributed by atoms with Crippen molar-refractivity contribution in [2.24, 2.45) is 0 Å². The maximum absolute atomic E-state index is 12.6. The van der Waals surface area contributed by atoms with E-state index in [4.69, 9.17) is 27.9 Å². The van der Waals surface area contributed by atoms with Gasteiger partial charge in [-0.2, -0.15) is 13.2 Å². The Balaban J connectivity index is 2.10. The van der Waals surface area contributed by atoms with Gasteiger partial charge in [-0.15, -0.1) is 0 Å². The van der Waals surface area contributed by atoms with Gasteiger partial charge in [0.1, 0.15) is 24.9 Å². The zero-order chi connectivity index (χ0) is 19.2. The molecule has 0 bridgehead atoms. The number of hydrogen-bond acceptors (Lipinski definition) is 6. The molecule has 0 unspecified atom stereocenters. The summed E-state index contributed by atoms with van der Waals surface area (Å²) in [5, 5.41) is 31.8. The molecular weight excluding hydrogens is 402 g/mol. The fraction of sp³-hybridized carbons (Fsp3) is 0.500. The van der Waals surface area contributed by atoms with Crippen LogP contribution < -0.4 is 5.32 Å². The van der Waals surface area contributed by atoms with Gasteiger partial charge >= 0.3 is 6.18 Å². The number of aliphatic hydroxyl groups is 3. The molecule has 4 atom stereocenters. The summed E-state index contributed by atoms with van der Waals surface area (Å²) >= 11 is 11.9. The Hall–Kier alpha value is -1.30. The van der Waals surface area contributed by atoms with Gasteiger partial charge in [0.2, 0.25) is 5.95 Å². The molecule has 1 saturated heterocycles. The van der Waals surface area contributed by atoms with E-state index in [1.807, 2.05) is 0 Å². The van der Waals surface area contributed by atoms with Crippen LogP contribution in [0.1, 0.15) is 6.23 Å². The minimum Gasteiger partial charge on any atom is -0.394 e. The molecule has 4 N–H and O–H groups in total. The number of ether oxygens (including phenoxy) is 1. The molecule has 26 heavy (non-hydrogen) atoms. The Morgan fingerprint density at radius 3 is 2.42 bits per heavy atom. The molecule has 12 heteroatoms. The van der Waals surface area contributed by atoms with E-state index in [1.165, 1.54) is 12.1 Å². The van der Waals surface area contributed by atoms with Gasteiger partial charge in [0.15, 0.2) is 6.23 Å². The lowest BCUT2D eigenvalue weighted by molar-refractivity contribution is -0.115. The van der Waals surface area contributed by atoms with Gasteiger partial charge in [0.25, 0.3) is 0 Å². The molecule has 0 aliphatic carbocycles. The SMILES string of the molecule is OC[C@@H]1O[C@H](n2c(NCC(F)(F)F)nc3cc(Cl)c(Cl)cc32)[C@@H](O)[C@H]1O. The fourth-order valence-corrected chi connectivity index (χ4v) is 3.06. The summed E-state index contributed by atoms with van der Waals surface area (Å²) < 4.78 is 44.3. The summed E-state index contributed by atoms with van der Waals surface area (Å²) in [6.45, 7) is -1.97. The maximum Gasteiger partial charge on any atom is 0.405 e. The van der Waals surface area contributed by atoms with Gasteiger partial charge in [-0.05, 0) is 12.1 Å². The van der Waals surface area contributed by atoms with Crippen LogP contribution in [0.25, 0.3) is 11.0 Å². The average Bonchev–Trinajstić information content (AvgIpc) is 3.03. The molecule has 0 amide bonds. The Morgan fingerprint density at radius 2 is 1.85 bits per heavy atom. The summed E-state index contributed by atoms with van der Waals surface area (Å²) in [6, 6.07) is 2.72. The van der Waals surface area contributed by atoms with E-state index in [9.17, 15) is 28.5 Å². The van der Waals surface area contributed by atoms with Crippen LogP contribution in [-0.2, 0) is 4.74 Å². The first kappa shape index (κ1) is 19.5. The van der Waals surface area contributed by atoms with Crippen molar-refractivity contribution in [2.45, 2.75) is 30.7 Å². The van der Waals surface area contributed by atoms with Crippen LogP contribution >= 0.6 is 23.2 Å². The number of aliphatic hydroxyl groups excluding tert-OH is 3. The second-order valence-electron chi connectivity index (χ2n) is 5.76. The smallest absolute Gasteiger partial charge is 0.394 e. The second-order valence-corrected chi connectivity index (χ2v) is 6.57. The van der Waals surface area contributed by atoms with Crippen LogP contribution in [0.3, 0.4) is 0 Å². The van der Waals surface area contributed by atoms with E-state index in [2.05, 4.69) is 10.3 Å². The number of alkyl halides is 3. The molecule has 0 radical (unpaired) electrons. The molecule has 2 aromatic rings. The van der Waals surface area contributed by atoms with Crippen molar-refractivity contribution in [3.63, 3.8) is 0 Å². The van der Waals surface area contributed by atoms with Gasteiger partial charge in [-0.25, -0.2) is 4.98 Å². The highest BCUT2D eigenvalue weighted by molar-refractivity contribution is 6.42. The second kappa shape index (κ2) is 7.02. The minimum atomic E-state index is -4.51. The van der Waals surface area contributed by atoms with Crippen LogP contribution in [0.15, 0.2) is 12.1 Å². The Labute approximate surface area is 154 Å². The molecule has 1 aliphatic rings. The first-order chi connectivity index (χ1) is 12.1. The molecule has 3 rings (SSSR count). The molecule has 1 aliphatic heterocycles. The normalized spacial score (nSPS) is 26.6. The Kier molecular flexibility index (Phi) is 5.26. The van der Waals surface area contributed by atoms with Gasteiger partial charge in [-0.1, -0.05) is 23.2 Å². The largest absolute Gasteiger partial charge is 0.405 e. The van der Waals surface area contributed by atoms with Crippen LogP contribution in [0, 0.1) is 0 Å². The van der Waals surface area contributed by atoms with E-state index >= 15 is 0 Å². The van der Waals surface area contributed by atoms with Crippen LogP contribution in [0.4, 0.5) is 19.1 Å². The number of anilines is 1. The molecule has 144 valence electrons. The molecule has 2 heterocycles. The summed E-state index contributed by atoms with van der Waals surface area (Å²) in [5.41, 5.74) is 0.445. The number of rotatable bonds is 4. The maximum atomic E-state index is 12.6. The van der Waals surface area contributed by atoms with Gasteiger partial charge < -0.3 is 25.4 Å². The van der Waals surface area contributed by atoms with Crippen LogP contribution in [-0.4, -0.2) is 62.5 Å². The van der Waals surface area contributed by atoms with E-state index in [0.29, 0.717) is 0 Å². The Morgan fingerprint density at radius 1 is 1.19 bits per heavy atom. The Bertz CT molecular complexity index is 817. The van der Waals surface area contributed by atoms with Gasteiger partial charge in [-0.3, -0.25) is 4.57 Å². The predicted octanol–water partition coefficient (Wildman–Crippen LogP) is 1.93. The number of hydrogen-bond donors (Lipinski definition) is 4. The lowest BCUT2D eigenvalue weighted by Crippen LogP contribution is -2.33. The van der Waals surface area contributed by atoms with E-state index < -0.39 is 43.9 Å². The minimum absolute atomic E-state index is 0.120. The molecule has 1 aromatic heterocycles. The number of aromatic nitrogens is 2. The van der Waals surface area contributed by atoms with Crippen molar-refractivity contribution >= 4 is 40.2 Å². The zero-order valence-corrected chi connectivity index (χ0v) is 14.4. The number of imidazole rings is 1. The first-order valence-corrected chi connectivity index (χ1v) is 8.18. The highest BCUT2D eigenvalue weighted by atomic mass is 35.5. The molecular formula is C14H14Cl2F3N3O4. The van der Waals surface area contributed by atoms with Crippen molar-refractivity contribution < 1.29 is 33.2 Å². The molecule has 0 saturated carbocycles. The fourth-order valence-electron chi connectivity index (χ4n) is 2.75. The van der Waals surface area contributed by atoms with E-state index in [1.54, 1.807) is 0 Å². The lowest BCUT2D eigenvalue weighted by Gasteiger charge is -2.20. The molecule has 0 spiro atoms. The first-order valence-electron chi connectivity index (χ1n) is 7.42.